The molecule has 0 unspecified atom stereocenters. The number of hydrogen-bond donors (Lipinski definition) is 0. The minimum Gasteiger partial charge on any atom is -0.255 e. The van der Waals surface area contributed by atoms with Crippen molar-refractivity contribution >= 4 is 22.9 Å². The van der Waals surface area contributed by atoms with Crippen molar-refractivity contribution in [2.45, 2.75) is 57.8 Å². The van der Waals surface area contributed by atoms with E-state index in [1.165, 1.54) is 36.2 Å². The predicted octanol–water partition coefficient (Wildman–Crippen LogP) is 8.31. The molecule has 1 aromatic carbocycles. The molecule has 0 aliphatic carbocycles. The van der Waals surface area contributed by atoms with E-state index < -0.39 is 11.8 Å². The fraction of sp³-hybridized carbons (Fsp3) is 0.375. The van der Waals surface area contributed by atoms with E-state index in [1.807, 2.05) is 32.9 Å². The van der Waals surface area contributed by atoms with Crippen molar-refractivity contribution in [2.75, 3.05) is 5.75 Å². The molecule has 1 aromatic heterocycles. The summed E-state index contributed by atoms with van der Waals surface area (Å²) in [5.74, 6) is -5.12. The van der Waals surface area contributed by atoms with Gasteiger partial charge in [-0.2, -0.15) is 0 Å². The number of rotatable bonds is 8. The largest absolute Gasteiger partial charge is 0.272 e. The number of nitrogens with zero attached hydrogens (tertiary/aromatic N) is 1. The van der Waals surface area contributed by atoms with Crippen LogP contribution in [0.1, 0.15) is 63.4 Å². The Morgan fingerprint density at radius 2 is 1.60 bits per heavy atom. The van der Waals surface area contributed by atoms with Crippen LogP contribution in [-0.2, 0) is 11.8 Å². The summed E-state index contributed by atoms with van der Waals surface area (Å²) in [4.78, 5) is 5.04. The summed E-state index contributed by atoms with van der Waals surface area (Å²) in [6.45, 7) is 7.54. The summed E-state index contributed by atoms with van der Waals surface area (Å²) in [5, 5.41) is 0. The molecule has 0 saturated carbocycles. The van der Waals surface area contributed by atoms with E-state index in [1.54, 1.807) is 12.1 Å². The highest BCUT2D eigenvalue weighted by Crippen LogP contribution is 2.35. The molecule has 1 heterocycles. The quantitative estimate of drug-likeness (QED) is 0.234. The van der Waals surface area contributed by atoms with Gasteiger partial charge in [0.2, 0.25) is 0 Å². The molecule has 2 rings (SSSR count). The van der Waals surface area contributed by atoms with E-state index in [0.29, 0.717) is 17.0 Å². The monoisotopic (exact) mass is 437 g/mol. The highest BCUT2D eigenvalue weighted by molar-refractivity contribution is 7.99. The minimum absolute atomic E-state index is 0.0349. The van der Waals surface area contributed by atoms with Crippen LogP contribution in [0.3, 0.4) is 0 Å². The van der Waals surface area contributed by atoms with E-state index in [-0.39, 0.29) is 11.1 Å². The molecule has 0 spiro atoms. The zero-order chi connectivity index (χ0) is 22.5. The number of benzene rings is 1. The van der Waals surface area contributed by atoms with Crippen LogP contribution in [0.4, 0.5) is 17.6 Å². The van der Waals surface area contributed by atoms with Crippen LogP contribution >= 0.6 is 11.8 Å². The topological polar surface area (TPSA) is 12.9 Å². The zero-order valence-corrected chi connectivity index (χ0v) is 18.7. The minimum atomic E-state index is -2.96. The maximum Gasteiger partial charge on any atom is 0.272 e. The van der Waals surface area contributed by atoms with Gasteiger partial charge >= 0.3 is 0 Å². The van der Waals surface area contributed by atoms with Gasteiger partial charge in [-0.3, -0.25) is 4.98 Å². The van der Waals surface area contributed by atoms with Crippen molar-refractivity contribution in [3.8, 4) is 0 Å². The number of hydrogen-bond acceptors (Lipinski definition) is 2. The highest BCUT2D eigenvalue weighted by atomic mass is 32.2. The lowest BCUT2D eigenvalue weighted by Crippen LogP contribution is -2.09. The van der Waals surface area contributed by atoms with Crippen LogP contribution in [-0.4, -0.2) is 10.7 Å². The first-order chi connectivity index (χ1) is 14.0. The SMILES string of the molecule is C/C=C(/C=C(\CC)c1ccc(C(C)(F)F)cc1)c1ncc(C(C)(F)F)cc1SCC. The average Bonchev–Trinajstić information content (AvgIpc) is 2.68. The molecule has 0 aliphatic rings. The van der Waals surface area contributed by atoms with E-state index >= 15 is 0 Å². The molecule has 0 bridgehead atoms. The van der Waals surface area contributed by atoms with Gasteiger partial charge in [0.1, 0.15) is 0 Å². The second-order valence-electron chi connectivity index (χ2n) is 7.12. The highest BCUT2D eigenvalue weighted by Gasteiger charge is 2.26. The summed E-state index contributed by atoms with van der Waals surface area (Å²) in [7, 11) is 0. The Morgan fingerprint density at radius 3 is 2.07 bits per heavy atom. The number of alkyl halides is 4. The fourth-order valence-electron chi connectivity index (χ4n) is 3.01. The van der Waals surface area contributed by atoms with E-state index in [4.69, 9.17) is 0 Å². The van der Waals surface area contributed by atoms with Gasteiger partial charge in [-0.25, -0.2) is 17.6 Å². The summed E-state index contributed by atoms with van der Waals surface area (Å²) in [6.07, 6.45) is 5.73. The third-order valence-corrected chi connectivity index (χ3v) is 5.63. The van der Waals surface area contributed by atoms with Crippen molar-refractivity contribution in [3.63, 3.8) is 0 Å². The van der Waals surface area contributed by atoms with Crippen molar-refractivity contribution in [3.05, 3.63) is 71.1 Å². The lowest BCUT2D eigenvalue weighted by atomic mass is 9.97. The summed E-state index contributed by atoms with van der Waals surface area (Å²) < 4.78 is 54.5. The van der Waals surface area contributed by atoms with Crippen molar-refractivity contribution in [1.29, 1.82) is 0 Å². The molecular weight excluding hydrogens is 410 g/mol. The average molecular weight is 438 g/mol. The van der Waals surface area contributed by atoms with Crippen LogP contribution in [0.5, 0.6) is 0 Å². The number of halogens is 4. The van der Waals surface area contributed by atoms with Gasteiger partial charge < -0.3 is 0 Å². The molecule has 6 heteroatoms. The molecule has 0 saturated heterocycles. The molecular formula is C24H27F4NS. The third-order valence-electron chi connectivity index (χ3n) is 4.72. The summed E-state index contributed by atoms with van der Waals surface area (Å²) in [5.41, 5.74) is 3.08. The normalized spacial score (nSPS) is 13.6. The van der Waals surface area contributed by atoms with Crippen LogP contribution < -0.4 is 0 Å². The van der Waals surface area contributed by atoms with E-state index in [0.717, 1.165) is 36.3 Å². The van der Waals surface area contributed by atoms with Gasteiger partial charge in [0.15, 0.2) is 0 Å². The van der Waals surface area contributed by atoms with Crippen LogP contribution in [0.2, 0.25) is 0 Å². The molecule has 162 valence electrons. The van der Waals surface area contributed by atoms with Gasteiger partial charge in [0.05, 0.1) is 5.69 Å². The molecule has 0 atom stereocenters. The van der Waals surface area contributed by atoms with Crippen LogP contribution in [0, 0.1) is 0 Å². The van der Waals surface area contributed by atoms with Crippen molar-refractivity contribution in [1.82, 2.24) is 4.98 Å². The second-order valence-corrected chi connectivity index (χ2v) is 8.43. The molecule has 30 heavy (non-hydrogen) atoms. The lowest BCUT2D eigenvalue weighted by molar-refractivity contribution is 0.0164. The van der Waals surface area contributed by atoms with Gasteiger partial charge in [0, 0.05) is 36.1 Å². The molecule has 1 nitrogen and oxygen atoms in total. The first-order valence-corrected chi connectivity index (χ1v) is 10.9. The van der Waals surface area contributed by atoms with Crippen molar-refractivity contribution in [2.24, 2.45) is 0 Å². The lowest BCUT2D eigenvalue weighted by Gasteiger charge is -2.16. The molecule has 2 aromatic rings. The van der Waals surface area contributed by atoms with Crippen LogP contribution in [0.15, 0.2) is 53.6 Å². The molecule has 0 radical (unpaired) electrons. The zero-order valence-electron chi connectivity index (χ0n) is 17.9. The maximum atomic E-state index is 13.8. The maximum absolute atomic E-state index is 13.8. The number of aromatic nitrogens is 1. The smallest absolute Gasteiger partial charge is 0.255 e. The molecule has 0 fully saturated rings. The first kappa shape index (κ1) is 24.2. The fourth-order valence-corrected chi connectivity index (χ4v) is 3.84. The van der Waals surface area contributed by atoms with Gasteiger partial charge in [0.25, 0.3) is 11.8 Å². The van der Waals surface area contributed by atoms with Gasteiger partial charge in [-0.15, -0.1) is 11.8 Å². The van der Waals surface area contributed by atoms with Gasteiger partial charge in [-0.05, 0) is 47.9 Å². The summed E-state index contributed by atoms with van der Waals surface area (Å²) >= 11 is 1.46. The Labute approximate surface area is 180 Å². The van der Waals surface area contributed by atoms with Crippen molar-refractivity contribution < 1.29 is 17.6 Å². The Bertz CT molecular complexity index is 920. The molecule has 0 amide bonds. The Kier molecular flexibility index (Phi) is 7.92. The number of allylic oxidation sites excluding steroid dienone is 4. The number of pyridine rings is 1. The van der Waals surface area contributed by atoms with E-state index in [9.17, 15) is 17.6 Å². The molecule has 0 aliphatic heterocycles. The Hall–Kier alpha value is -2.08. The Morgan fingerprint density at radius 1 is 1.00 bits per heavy atom. The predicted molar refractivity (Wildman–Crippen MR) is 118 cm³/mol. The summed E-state index contributed by atoms with van der Waals surface area (Å²) in [6, 6.07) is 7.74. The Balaban J connectivity index is 2.48. The van der Waals surface area contributed by atoms with E-state index in [2.05, 4.69) is 4.98 Å². The second kappa shape index (κ2) is 9.82. The van der Waals surface area contributed by atoms with Crippen LogP contribution in [0.25, 0.3) is 11.1 Å². The molecule has 0 N–H and O–H groups in total. The third kappa shape index (κ3) is 5.97. The van der Waals surface area contributed by atoms with Gasteiger partial charge in [-0.1, -0.05) is 44.2 Å². The number of thioether (sulfide) groups is 1. The first-order valence-electron chi connectivity index (χ1n) is 9.88. The standard InChI is InChI=1S/C24H27F4NS/c1-6-16(18-9-11-19(12-10-18)23(4,25)26)13-17(7-2)22-21(30-8-3)14-20(15-29-22)24(5,27)28/h7,9-15H,6,8H2,1-5H3/b16-13+,17-7-.